The van der Waals surface area contributed by atoms with Crippen molar-refractivity contribution >= 4 is 57.3 Å². The van der Waals surface area contributed by atoms with Crippen molar-refractivity contribution in [3.8, 4) is 0 Å². The highest BCUT2D eigenvalue weighted by Gasteiger charge is 2.31. The topological polar surface area (TPSA) is 34.1 Å². The number of carbonyl (C=O) groups excluding carboxylic acids is 2. The van der Waals surface area contributed by atoms with Crippen molar-refractivity contribution in [2.45, 2.75) is 23.0 Å². The van der Waals surface area contributed by atoms with E-state index in [0.29, 0.717) is 0 Å². The summed E-state index contributed by atoms with van der Waals surface area (Å²) >= 11 is 6.19. The molecule has 2 atom stereocenters. The predicted molar refractivity (Wildman–Crippen MR) is 64.2 cm³/mol. The van der Waals surface area contributed by atoms with Gasteiger partial charge in [0.2, 0.25) is 0 Å². The second-order valence-corrected chi connectivity index (χ2v) is 8.27. The molecule has 0 aliphatic carbocycles. The smallest absolute Gasteiger partial charge is 0.187 e. The molecular formula is C7H10O2S4. The lowest BCUT2D eigenvalue weighted by Crippen LogP contribution is -2.10. The van der Waals surface area contributed by atoms with Gasteiger partial charge in [-0.25, -0.2) is 0 Å². The van der Waals surface area contributed by atoms with E-state index in [0.717, 1.165) is 5.08 Å². The molecule has 6 heteroatoms. The summed E-state index contributed by atoms with van der Waals surface area (Å²) < 4.78 is 0.493. The Morgan fingerprint density at radius 1 is 1.08 bits per heavy atom. The van der Waals surface area contributed by atoms with Crippen molar-refractivity contribution < 1.29 is 9.59 Å². The zero-order valence-corrected chi connectivity index (χ0v) is 10.6. The van der Waals surface area contributed by atoms with Gasteiger partial charge in [0.05, 0.1) is 9.16 Å². The first-order valence-corrected chi connectivity index (χ1v) is 7.53. The summed E-state index contributed by atoms with van der Waals surface area (Å²) in [5, 5.41) is 1.25. The third-order valence-electron chi connectivity index (χ3n) is 1.25. The molecule has 1 fully saturated rings. The van der Waals surface area contributed by atoms with Gasteiger partial charge in [0.1, 0.15) is 0 Å². The lowest BCUT2D eigenvalue weighted by atomic mass is 10.9. The van der Waals surface area contributed by atoms with Crippen LogP contribution < -0.4 is 0 Å². The highest BCUT2D eigenvalue weighted by atomic mass is 32.3. The fraction of sp³-hybridized carbons (Fsp3) is 0.714. The average molecular weight is 254 g/mol. The molecule has 2 unspecified atom stereocenters. The van der Waals surface area contributed by atoms with Crippen LogP contribution in [0.2, 0.25) is 0 Å². The molecule has 0 N–H and O–H groups in total. The van der Waals surface area contributed by atoms with E-state index in [2.05, 4.69) is 0 Å². The van der Waals surface area contributed by atoms with Gasteiger partial charge in [0.15, 0.2) is 10.2 Å². The second-order valence-electron chi connectivity index (χ2n) is 2.41. The lowest BCUT2D eigenvalue weighted by molar-refractivity contribution is -0.110. The molecule has 13 heavy (non-hydrogen) atoms. The van der Waals surface area contributed by atoms with Crippen LogP contribution in [0.5, 0.6) is 0 Å². The third-order valence-corrected chi connectivity index (χ3v) is 7.30. The Kier molecular flexibility index (Phi) is 5.07. The van der Waals surface area contributed by atoms with Gasteiger partial charge in [0, 0.05) is 18.9 Å². The highest BCUT2D eigenvalue weighted by Crippen LogP contribution is 2.47. The van der Waals surface area contributed by atoms with Gasteiger partial charge in [-0.15, -0.1) is 23.5 Å². The van der Waals surface area contributed by atoms with Crippen molar-refractivity contribution in [1.29, 1.82) is 0 Å². The van der Waals surface area contributed by atoms with Crippen molar-refractivity contribution in [2.75, 3.05) is 5.08 Å². The molecule has 0 aromatic heterocycles. The molecule has 1 aliphatic rings. The lowest BCUT2D eigenvalue weighted by Gasteiger charge is -2.13. The monoisotopic (exact) mass is 254 g/mol. The van der Waals surface area contributed by atoms with Crippen LogP contribution in [0.1, 0.15) is 13.8 Å². The summed E-state index contributed by atoms with van der Waals surface area (Å²) in [4.78, 5) is 21.8. The number of carbonyl (C=O) groups is 2. The number of rotatable bonds is 2. The summed E-state index contributed by atoms with van der Waals surface area (Å²) in [7, 11) is 0. The second kappa shape index (κ2) is 5.58. The number of hydrogen-bond acceptors (Lipinski definition) is 6. The van der Waals surface area contributed by atoms with E-state index >= 15 is 0 Å². The first kappa shape index (κ1) is 11.8. The van der Waals surface area contributed by atoms with Gasteiger partial charge in [-0.2, -0.15) is 0 Å². The standard InChI is InChI=1S/C7H10O2S4/c1-4(8)12-6-7(11-3-10-6)13-5(2)9/h6-7H,3H2,1-2H3. The zero-order chi connectivity index (χ0) is 9.84. The Hall–Kier alpha value is 0.740. The largest absolute Gasteiger partial charge is 0.288 e. The molecular weight excluding hydrogens is 244 g/mol. The van der Waals surface area contributed by atoms with Gasteiger partial charge >= 0.3 is 0 Å². The van der Waals surface area contributed by atoms with Gasteiger partial charge in [-0.3, -0.25) is 9.59 Å². The molecule has 0 aromatic rings. The van der Waals surface area contributed by atoms with Gasteiger partial charge in [-0.05, 0) is 0 Å². The summed E-state index contributed by atoms with van der Waals surface area (Å²) in [6.07, 6.45) is 0. The Morgan fingerprint density at radius 2 is 1.46 bits per heavy atom. The zero-order valence-electron chi connectivity index (χ0n) is 7.31. The normalized spacial score (nSPS) is 27.5. The van der Waals surface area contributed by atoms with Crippen LogP contribution in [0, 0.1) is 0 Å². The van der Waals surface area contributed by atoms with E-state index in [-0.39, 0.29) is 19.4 Å². The molecule has 1 saturated heterocycles. The minimum Gasteiger partial charge on any atom is -0.288 e. The summed E-state index contributed by atoms with van der Waals surface area (Å²) in [5.41, 5.74) is 0. The summed E-state index contributed by atoms with van der Waals surface area (Å²) in [6.45, 7) is 3.15. The fourth-order valence-corrected chi connectivity index (χ4v) is 7.38. The average Bonchev–Trinajstić information content (AvgIpc) is 2.34. The van der Waals surface area contributed by atoms with Crippen molar-refractivity contribution in [3.05, 3.63) is 0 Å². The molecule has 0 radical (unpaired) electrons. The Labute approximate surface area is 94.7 Å². The van der Waals surface area contributed by atoms with E-state index in [1.807, 2.05) is 0 Å². The van der Waals surface area contributed by atoms with Crippen molar-refractivity contribution in [2.24, 2.45) is 0 Å². The van der Waals surface area contributed by atoms with Crippen LogP contribution in [0.4, 0.5) is 0 Å². The van der Waals surface area contributed by atoms with Crippen molar-refractivity contribution in [3.63, 3.8) is 0 Å². The van der Waals surface area contributed by atoms with Crippen LogP contribution in [-0.2, 0) is 9.59 Å². The third kappa shape index (κ3) is 4.18. The Morgan fingerprint density at radius 3 is 1.77 bits per heavy atom. The molecule has 0 bridgehead atoms. The van der Waals surface area contributed by atoms with Crippen LogP contribution in [0.25, 0.3) is 0 Å². The van der Waals surface area contributed by atoms with Gasteiger partial charge in [-0.1, -0.05) is 23.5 Å². The van der Waals surface area contributed by atoms with E-state index in [9.17, 15) is 9.59 Å². The number of thioether (sulfide) groups is 4. The molecule has 2 nitrogen and oxygen atoms in total. The Balaban J connectivity index is 2.43. The summed E-state index contributed by atoms with van der Waals surface area (Å²) in [6, 6.07) is 0. The molecule has 0 spiro atoms. The van der Waals surface area contributed by atoms with E-state index < -0.39 is 0 Å². The SMILES string of the molecule is CC(=O)SC1SCSC1SC(C)=O. The van der Waals surface area contributed by atoms with Crippen LogP contribution in [0.15, 0.2) is 0 Å². The van der Waals surface area contributed by atoms with Crippen LogP contribution in [-0.4, -0.2) is 24.5 Å². The molecule has 1 heterocycles. The van der Waals surface area contributed by atoms with Crippen LogP contribution in [0.3, 0.4) is 0 Å². The van der Waals surface area contributed by atoms with Gasteiger partial charge < -0.3 is 0 Å². The van der Waals surface area contributed by atoms with E-state index in [4.69, 9.17) is 0 Å². The first-order valence-electron chi connectivity index (χ1n) is 3.67. The van der Waals surface area contributed by atoms with Crippen molar-refractivity contribution in [1.82, 2.24) is 0 Å². The first-order chi connectivity index (χ1) is 6.09. The Bertz CT molecular complexity index is 197. The molecule has 0 saturated carbocycles. The quantitative estimate of drug-likeness (QED) is 0.753. The van der Waals surface area contributed by atoms with E-state index in [1.54, 1.807) is 37.4 Å². The predicted octanol–water partition coefficient (Wildman–Crippen LogP) is 2.64. The molecule has 74 valence electrons. The molecule has 0 amide bonds. The summed E-state index contributed by atoms with van der Waals surface area (Å²) in [5.74, 6) is 0. The minimum absolute atomic E-state index is 0.133. The highest BCUT2D eigenvalue weighted by molar-refractivity contribution is 8.37. The van der Waals surface area contributed by atoms with Gasteiger partial charge in [0.25, 0.3) is 0 Å². The van der Waals surface area contributed by atoms with E-state index in [1.165, 1.54) is 23.5 Å². The minimum atomic E-state index is 0.133. The fourth-order valence-electron chi connectivity index (χ4n) is 0.837. The maximum absolute atomic E-state index is 10.9. The molecule has 1 aliphatic heterocycles. The number of hydrogen-bond donors (Lipinski definition) is 0. The maximum atomic E-state index is 10.9. The molecule has 0 aromatic carbocycles. The maximum Gasteiger partial charge on any atom is 0.187 e. The molecule has 1 rings (SSSR count). The van der Waals surface area contributed by atoms with Crippen LogP contribution >= 0.6 is 47.0 Å².